The molecule has 0 atom stereocenters. The third kappa shape index (κ3) is 4.49. The Kier molecular flexibility index (Phi) is 6.08. The largest absolute Gasteiger partial charge is 0.534 e. The van der Waals surface area contributed by atoms with Crippen LogP contribution >= 0.6 is 31.9 Å². The Bertz CT molecular complexity index is 580. The number of hydrogen-bond donors (Lipinski definition) is 0. The van der Waals surface area contributed by atoms with Gasteiger partial charge >= 0.3 is 15.6 Å². The molecule has 0 heterocycles. The van der Waals surface area contributed by atoms with Crippen LogP contribution in [0.3, 0.4) is 0 Å². The van der Waals surface area contributed by atoms with Crippen LogP contribution in [0.2, 0.25) is 0 Å². The summed E-state index contributed by atoms with van der Waals surface area (Å²) in [4.78, 5) is 0. The fraction of sp³-hybridized carbons (Fsp3) is 0.273. The fourth-order valence-corrected chi connectivity index (χ4v) is 2.64. The lowest BCUT2D eigenvalue weighted by Gasteiger charge is -2.10. The van der Waals surface area contributed by atoms with E-state index in [0.717, 1.165) is 11.1 Å². The van der Waals surface area contributed by atoms with Crippen molar-refractivity contribution in [3.05, 3.63) is 35.9 Å². The third-order valence-electron chi connectivity index (χ3n) is 2.18. The van der Waals surface area contributed by atoms with Crippen molar-refractivity contribution >= 4 is 47.6 Å². The molecule has 0 aliphatic rings. The lowest BCUT2D eigenvalue weighted by atomic mass is 10.1. The summed E-state index contributed by atoms with van der Waals surface area (Å²) in [5, 5.41) is 1.17. The summed E-state index contributed by atoms with van der Waals surface area (Å²) in [5.41, 5.74) is -3.78. The molecular weight excluding hydrogens is 429 g/mol. The molecule has 0 radical (unpaired) electrons. The first-order valence-electron chi connectivity index (χ1n) is 5.13. The SMILES string of the molecule is O=S(=O)(Oc1ccc(/C(=C/CBr)CBr)cc1)C(F)(F)F. The molecule has 0 fully saturated rings. The van der Waals surface area contributed by atoms with Crippen LogP contribution in [-0.2, 0) is 10.1 Å². The second kappa shape index (κ2) is 6.95. The summed E-state index contributed by atoms with van der Waals surface area (Å²) in [6.45, 7) is 0. The normalized spacial score (nSPS) is 13.3. The van der Waals surface area contributed by atoms with E-state index in [-0.39, 0.29) is 5.75 Å². The summed E-state index contributed by atoms with van der Waals surface area (Å²) in [5.74, 6) is -0.390. The van der Waals surface area contributed by atoms with Crippen LogP contribution in [0.25, 0.3) is 5.57 Å². The summed E-state index contributed by atoms with van der Waals surface area (Å²) in [6, 6.07) is 5.31. The molecule has 1 aromatic carbocycles. The zero-order chi connectivity index (χ0) is 15.4. The van der Waals surface area contributed by atoms with Gasteiger partial charge in [-0.05, 0) is 23.3 Å². The van der Waals surface area contributed by atoms with E-state index in [1.165, 1.54) is 24.3 Å². The molecule has 0 aliphatic carbocycles. The molecule has 0 aromatic heterocycles. The number of alkyl halides is 5. The van der Waals surface area contributed by atoms with E-state index < -0.39 is 15.6 Å². The van der Waals surface area contributed by atoms with Crippen LogP contribution in [0.5, 0.6) is 5.75 Å². The number of rotatable bonds is 5. The first-order valence-corrected chi connectivity index (χ1v) is 8.78. The van der Waals surface area contributed by atoms with Crippen LogP contribution in [0.4, 0.5) is 13.2 Å². The van der Waals surface area contributed by atoms with Crippen LogP contribution < -0.4 is 4.18 Å². The lowest BCUT2D eigenvalue weighted by molar-refractivity contribution is -0.0500. The van der Waals surface area contributed by atoms with E-state index in [2.05, 4.69) is 36.0 Å². The van der Waals surface area contributed by atoms with Crippen molar-refractivity contribution in [3.63, 3.8) is 0 Å². The van der Waals surface area contributed by atoms with Crippen molar-refractivity contribution < 1.29 is 25.8 Å². The second-order valence-corrected chi connectivity index (χ2v) is 6.27. The van der Waals surface area contributed by atoms with Gasteiger partial charge in [0.25, 0.3) is 0 Å². The highest BCUT2D eigenvalue weighted by Crippen LogP contribution is 2.28. The van der Waals surface area contributed by atoms with Gasteiger partial charge in [0.05, 0.1) is 0 Å². The van der Waals surface area contributed by atoms with Gasteiger partial charge in [-0.2, -0.15) is 21.6 Å². The number of benzene rings is 1. The number of halogens is 5. The summed E-state index contributed by atoms with van der Waals surface area (Å²) in [7, 11) is -5.63. The molecule has 0 saturated carbocycles. The highest BCUT2D eigenvalue weighted by Gasteiger charge is 2.48. The summed E-state index contributed by atoms with van der Waals surface area (Å²) in [6.07, 6.45) is 1.87. The Hall–Kier alpha value is -0.540. The smallest absolute Gasteiger partial charge is 0.376 e. The maximum atomic E-state index is 12.1. The molecule has 0 amide bonds. The Morgan fingerprint density at radius 1 is 1.20 bits per heavy atom. The Labute approximate surface area is 131 Å². The molecule has 0 saturated heterocycles. The van der Waals surface area contributed by atoms with Gasteiger partial charge < -0.3 is 4.18 Å². The predicted octanol–water partition coefficient (Wildman–Crippen LogP) is 4.09. The zero-order valence-electron chi connectivity index (χ0n) is 9.82. The van der Waals surface area contributed by atoms with Gasteiger partial charge in [0.15, 0.2) is 0 Å². The molecular formula is C11H9Br2F3O3S. The van der Waals surface area contributed by atoms with Crippen molar-refractivity contribution in [2.75, 3.05) is 10.7 Å². The molecule has 0 aliphatic heterocycles. The van der Waals surface area contributed by atoms with Gasteiger partial charge in [-0.15, -0.1) is 0 Å². The van der Waals surface area contributed by atoms with Crippen LogP contribution in [0.1, 0.15) is 5.56 Å². The van der Waals surface area contributed by atoms with Gasteiger partial charge in [-0.3, -0.25) is 0 Å². The number of allylic oxidation sites excluding steroid dienone is 2. The zero-order valence-corrected chi connectivity index (χ0v) is 13.8. The Morgan fingerprint density at radius 3 is 2.15 bits per heavy atom. The topological polar surface area (TPSA) is 43.4 Å². The highest BCUT2D eigenvalue weighted by molar-refractivity contribution is 9.09. The lowest BCUT2D eigenvalue weighted by Crippen LogP contribution is -2.28. The Balaban J connectivity index is 2.96. The van der Waals surface area contributed by atoms with Crippen molar-refractivity contribution in [1.29, 1.82) is 0 Å². The molecule has 0 bridgehead atoms. The standard InChI is InChI=1S/C11H9Br2F3O3S/c12-6-5-9(7-13)8-1-3-10(4-2-8)19-20(17,18)11(14,15)16/h1-5H,6-7H2/b9-5+. The van der Waals surface area contributed by atoms with E-state index in [0.29, 0.717) is 10.7 Å². The first kappa shape index (κ1) is 17.5. The van der Waals surface area contributed by atoms with Crippen LogP contribution in [0, 0.1) is 0 Å². The first-order chi connectivity index (χ1) is 9.21. The van der Waals surface area contributed by atoms with Crippen molar-refractivity contribution in [3.8, 4) is 5.75 Å². The predicted molar refractivity (Wildman–Crippen MR) is 77.6 cm³/mol. The third-order valence-corrected chi connectivity index (χ3v) is 4.09. The van der Waals surface area contributed by atoms with E-state index in [4.69, 9.17) is 0 Å². The molecule has 0 unspecified atom stereocenters. The fourth-order valence-electron chi connectivity index (χ4n) is 1.24. The van der Waals surface area contributed by atoms with Crippen LogP contribution in [0.15, 0.2) is 30.3 Å². The van der Waals surface area contributed by atoms with Crippen LogP contribution in [-0.4, -0.2) is 24.6 Å². The van der Waals surface area contributed by atoms with E-state index in [1.807, 2.05) is 6.08 Å². The van der Waals surface area contributed by atoms with Crippen molar-refractivity contribution in [1.82, 2.24) is 0 Å². The molecule has 1 rings (SSSR count). The summed E-state index contributed by atoms with van der Waals surface area (Å²) < 4.78 is 62.1. The minimum Gasteiger partial charge on any atom is -0.376 e. The van der Waals surface area contributed by atoms with Gasteiger partial charge in [-0.25, -0.2) is 0 Å². The summed E-state index contributed by atoms with van der Waals surface area (Å²) >= 11 is 6.52. The van der Waals surface area contributed by atoms with Gasteiger partial charge in [0, 0.05) is 10.7 Å². The highest BCUT2D eigenvalue weighted by atomic mass is 79.9. The molecule has 9 heteroatoms. The average Bonchev–Trinajstić information content (AvgIpc) is 2.35. The van der Waals surface area contributed by atoms with Gasteiger partial charge in [0.1, 0.15) is 5.75 Å². The molecule has 112 valence electrons. The van der Waals surface area contributed by atoms with Gasteiger partial charge in [-0.1, -0.05) is 50.1 Å². The average molecular weight is 438 g/mol. The molecule has 0 N–H and O–H groups in total. The minimum atomic E-state index is -5.63. The molecule has 20 heavy (non-hydrogen) atoms. The number of hydrogen-bond acceptors (Lipinski definition) is 3. The van der Waals surface area contributed by atoms with E-state index in [1.54, 1.807) is 0 Å². The quantitative estimate of drug-likeness (QED) is 0.396. The maximum Gasteiger partial charge on any atom is 0.534 e. The Morgan fingerprint density at radius 2 is 1.75 bits per heavy atom. The second-order valence-electron chi connectivity index (χ2n) is 3.52. The molecule has 3 nitrogen and oxygen atoms in total. The van der Waals surface area contributed by atoms with Crippen molar-refractivity contribution in [2.45, 2.75) is 5.51 Å². The monoisotopic (exact) mass is 436 g/mol. The minimum absolute atomic E-state index is 0.390. The molecule has 1 aromatic rings. The van der Waals surface area contributed by atoms with E-state index >= 15 is 0 Å². The molecule has 0 spiro atoms. The van der Waals surface area contributed by atoms with Crippen molar-refractivity contribution in [2.24, 2.45) is 0 Å². The van der Waals surface area contributed by atoms with E-state index in [9.17, 15) is 21.6 Å². The van der Waals surface area contributed by atoms with Gasteiger partial charge in [0.2, 0.25) is 0 Å². The maximum absolute atomic E-state index is 12.1.